The first-order valence-corrected chi connectivity index (χ1v) is 8.38. The molecule has 0 radical (unpaired) electrons. The maximum Gasteiger partial charge on any atom is 0.291 e. The zero-order valence-electron chi connectivity index (χ0n) is 14.4. The first-order chi connectivity index (χ1) is 13.0. The van der Waals surface area contributed by atoms with Gasteiger partial charge in [0.1, 0.15) is 17.2 Å². The summed E-state index contributed by atoms with van der Waals surface area (Å²) in [6, 6.07) is 17.9. The zero-order valence-corrected chi connectivity index (χ0v) is 14.4. The Bertz CT molecular complexity index is 1150. The molecule has 27 heavy (non-hydrogen) atoms. The molecule has 0 aliphatic carbocycles. The summed E-state index contributed by atoms with van der Waals surface area (Å²) in [4.78, 5) is 12.8. The number of halogens is 2. The lowest BCUT2D eigenvalue weighted by Crippen LogP contribution is -2.14. The van der Waals surface area contributed by atoms with Gasteiger partial charge in [0.2, 0.25) is 0 Å². The predicted octanol–water partition coefficient (Wildman–Crippen LogP) is 5.94. The molecule has 0 bridgehead atoms. The molecular weight excluding hydrogens is 348 g/mol. The Labute approximate surface area is 154 Å². The van der Waals surface area contributed by atoms with Crippen molar-refractivity contribution in [1.82, 2.24) is 0 Å². The van der Waals surface area contributed by atoms with Gasteiger partial charge in [-0.1, -0.05) is 48.5 Å². The van der Waals surface area contributed by atoms with Crippen molar-refractivity contribution >= 4 is 22.6 Å². The molecule has 5 heteroatoms. The second-order valence-corrected chi connectivity index (χ2v) is 6.18. The highest BCUT2D eigenvalue weighted by Crippen LogP contribution is 2.33. The molecule has 0 fully saturated rings. The Morgan fingerprint density at radius 1 is 0.963 bits per heavy atom. The summed E-state index contributed by atoms with van der Waals surface area (Å²) >= 11 is 0. The van der Waals surface area contributed by atoms with Crippen molar-refractivity contribution < 1.29 is 18.0 Å². The van der Waals surface area contributed by atoms with Crippen molar-refractivity contribution in [1.29, 1.82) is 0 Å². The van der Waals surface area contributed by atoms with Crippen LogP contribution in [0, 0.1) is 18.6 Å². The molecule has 0 unspecified atom stereocenters. The van der Waals surface area contributed by atoms with Crippen LogP contribution in [0.3, 0.4) is 0 Å². The van der Waals surface area contributed by atoms with Crippen LogP contribution in [0.25, 0.3) is 22.1 Å². The molecule has 1 heterocycles. The van der Waals surface area contributed by atoms with Gasteiger partial charge < -0.3 is 9.73 Å². The summed E-state index contributed by atoms with van der Waals surface area (Å²) < 4.78 is 33.9. The fourth-order valence-corrected chi connectivity index (χ4v) is 3.11. The third-order valence-corrected chi connectivity index (χ3v) is 4.43. The van der Waals surface area contributed by atoms with Crippen molar-refractivity contribution in [3.8, 4) is 11.1 Å². The lowest BCUT2D eigenvalue weighted by Gasteiger charge is -2.12. The molecule has 4 aromatic rings. The van der Waals surface area contributed by atoms with Gasteiger partial charge in [-0.05, 0) is 24.6 Å². The Balaban J connectivity index is 1.78. The van der Waals surface area contributed by atoms with Crippen LogP contribution >= 0.6 is 0 Å². The van der Waals surface area contributed by atoms with Crippen LogP contribution in [-0.4, -0.2) is 5.91 Å². The summed E-state index contributed by atoms with van der Waals surface area (Å²) in [5, 5.41) is 3.36. The van der Waals surface area contributed by atoms with Crippen molar-refractivity contribution in [3.63, 3.8) is 0 Å². The van der Waals surface area contributed by atoms with Crippen LogP contribution in [0.2, 0.25) is 0 Å². The number of rotatable bonds is 3. The summed E-state index contributed by atoms with van der Waals surface area (Å²) in [6.07, 6.45) is 0. The second kappa shape index (κ2) is 6.68. The van der Waals surface area contributed by atoms with E-state index in [2.05, 4.69) is 5.32 Å². The van der Waals surface area contributed by atoms with Crippen molar-refractivity contribution in [3.05, 3.63) is 89.7 Å². The van der Waals surface area contributed by atoms with E-state index in [1.165, 1.54) is 6.07 Å². The molecule has 0 atom stereocenters. The molecule has 1 amide bonds. The zero-order chi connectivity index (χ0) is 19.0. The van der Waals surface area contributed by atoms with E-state index in [1.54, 1.807) is 49.4 Å². The first-order valence-electron chi connectivity index (χ1n) is 8.38. The predicted molar refractivity (Wildman–Crippen MR) is 101 cm³/mol. The molecule has 0 spiro atoms. The molecule has 0 saturated carbocycles. The van der Waals surface area contributed by atoms with Crippen molar-refractivity contribution in [2.45, 2.75) is 6.92 Å². The number of furan rings is 1. The molecule has 3 aromatic carbocycles. The van der Waals surface area contributed by atoms with Gasteiger partial charge in [0, 0.05) is 22.6 Å². The van der Waals surface area contributed by atoms with Crippen LogP contribution in [0.15, 0.2) is 71.1 Å². The van der Waals surface area contributed by atoms with Crippen LogP contribution in [-0.2, 0) is 0 Å². The Morgan fingerprint density at radius 3 is 2.41 bits per heavy atom. The van der Waals surface area contributed by atoms with Gasteiger partial charge in [-0.2, -0.15) is 0 Å². The van der Waals surface area contributed by atoms with Gasteiger partial charge in [-0.3, -0.25) is 4.79 Å². The SMILES string of the molecule is Cc1c(C(=O)Nc2c(F)cc(F)cc2-c2ccccc2)oc2ccccc12. The van der Waals surface area contributed by atoms with Crippen LogP contribution in [0.5, 0.6) is 0 Å². The second-order valence-electron chi connectivity index (χ2n) is 6.18. The van der Waals surface area contributed by atoms with Crippen LogP contribution in [0.4, 0.5) is 14.5 Å². The molecule has 0 saturated heterocycles. The number of amides is 1. The Kier molecular flexibility index (Phi) is 4.20. The summed E-state index contributed by atoms with van der Waals surface area (Å²) in [6.45, 7) is 1.76. The van der Waals surface area contributed by atoms with E-state index >= 15 is 0 Å². The number of hydrogen-bond acceptors (Lipinski definition) is 2. The van der Waals surface area contributed by atoms with E-state index in [4.69, 9.17) is 4.42 Å². The minimum absolute atomic E-state index is 0.0903. The maximum atomic E-state index is 14.5. The normalized spacial score (nSPS) is 10.9. The topological polar surface area (TPSA) is 42.2 Å². The highest BCUT2D eigenvalue weighted by atomic mass is 19.1. The van der Waals surface area contributed by atoms with E-state index in [9.17, 15) is 13.6 Å². The van der Waals surface area contributed by atoms with Crippen LogP contribution in [0.1, 0.15) is 16.1 Å². The van der Waals surface area contributed by atoms with Gasteiger partial charge in [0.05, 0.1) is 5.69 Å². The molecule has 0 aliphatic heterocycles. The number of para-hydroxylation sites is 1. The number of aryl methyl sites for hydroxylation is 1. The van der Waals surface area contributed by atoms with E-state index in [1.807, 2.05) is 12.1 Å². The molecule has 134 valence electrons. The largest absolute Gasteiger partial charge is 0.451 e. The molecule has 3 nitrogen and oxygen atoms in total. The lowest BCUT2D eigenvalue weighted by molar-refractivity contribution is 0.0997. The molecule has 1 aromatic heterocycles. The third kappa shape index (κ3) is 3.08. The highest BCUT2D eigenvalue weighted by molar-refractivity contribution is 6.08. The van der Waals surface area contributed by atoms with E-state index in [-0.39, 0.29) is 17.0 Å². The Hall–Kier alpha value is -3.47. The van der Waals surface area contributed by atoms with Crippen molar-refractivity contribution in [2.75, 3.05) is 5.32 Å². The number of benzene rings is 3. The third-order valence-electron chi connectivity index (χ3n) is 4.43. The van der Waals surface area contributed by atoms with Crippen molar-refractivity contribution in [2.24, 2.45) is 0 Å². The van der Waals surface area contributed by atoms with Gasteiger partial charge in [-0.25, -0.2) is 8.78 Å². The number of fused-ring (bicyclic) bond motifs is 1. The van der Waals surface area contributed by atoms with E-state index < -0.39 is 17.5 Å². The molecular formula is C22H15F2NO2. The molecule has 0 aliphatic rings. The summed E-state index contributed by atoms with van der Waals surface area (Å²) in [5.74, 6) is -2.06. The standard InChI is InChI=1S/C22H15F2NO2/c1-13-16-9-5-6-10-19(16)27-21(13)22(26)25-20-17(11-15(23)12-18(20)24)14-7-3-2-4-8-14/h2-12H,1H3,(H,25,26). The monoisotopic (exact) mass is 363 g/mol. The summed E-state index contributed by atoms with van der Waals surface area (Å²) in [7, 11) is 0. The maximum absolute atomic E-state index is 14.5. The van der Waals surface area contributed by atoms with Gasteiger partial charge in [0.25, 0.3) is 5.91 Å². The van der Waals surface area contributed by atoms with Gasteiger partial charge in [0.15, 0.2) is 5.76 Å². The molecule has 1 N–H and O–H groups in total. The quantitative estimate of drug-likeness (QED) is 0.489. The summed E-state index contributed by atoms with van der Waals surface area (Å²) in [5.41, 5.74) is 1.99. The molecule has 4 rings (SSSR count). The fourth-order valence-electron chi connectivity index (χ4n) is 3.11. The number of carbonyl (C=O) groups is 1. The van der Waals surface area contributed by atoms with Gasteiger partial charge >= 0.3 is 0 Å². The smallest absolute Gasteiger partial charge is 0.291 e. The number of nitrogens with one attached hydrogen (secondary N) is 1. The highest BCUT2D eigenvalue weighted by Gasteiger charge is 2.21. The number of carbonyl (C=O) groups excluding carboxylic acids is 1. The fraction of sp³-hybridized carbons (Fsp3) is 0.0455. The first kappa shape index (κ1) is 17.0. The van der Waals surface area contributed by atoms with E-state index in [0.717, 1.165) is 11.5 Å². The van der Waals surface area contributed by atoms with Crippen LogP contribution < -0.4 is 5.32 Å². The van der Waals surface area contributed by atoms with E-state index in [0.29, 0.717) is 16.7 Å². The average molecular weight is 363 g/mol. The average Bonchev–Trinajstić information content (AvgIpc) is 3.01. The minimum Gasteiger partial charge on any atom is -0.451 e. The lowest BCUT2D eigenvalue weighted by atomic mass is 10.0. The van der Waals surface area contributed by atoms with Gasteiger partial charge in [-0.15, -0.1) is 0 Å². The Morgan fingerprint density at radius 2 is 1.67 bits per heavy atom. The number of anilines is 1. The number of hydrogen-bond donors (Lipinski definition) is 1. The minimum atomic E-state index is -0.851.